The van der Waals surface area contributed by atoms with E-state index in [0.29, 0.717) is 22.5 Å². The molecule has 38 heavy (non-hydrogen) atoms. The Labute approximate surface area is 219 Å². The summed E-state index contributed by atoms with van der Waals surface area (Å²) in [6, 6.07) is 11.0. The Morgan fingerprint density at radius 1 is 1.11 bits per heavy atom. The first-order chi connectivity index (χ1) is 18.4. The van der Waals surface area contributed by atoms with Gasteiger partial charge >= 0.3 is 0 Å². The predicted molar refractivity (Wildman–Crippen MR) is 141 cm³/mol. The maximum Gasteiger partial charge on any atom is 0.226 e. The van der Waals surface area contributed by atoms with Gasteiger partial charge in [-0.2, -0.15) is 5.26 Å². The molecule has 192 valence electrons. The van der Waals surface area contributed by atoms with E-state index < -0.39 is 9.84 Å². The molecule has 4 aromatic heterocycles. The fourth-order valence-corrected chi connectivity index (χ4v) is 7.24. The van der Waals surface area contributed by atoms with Gasteiger partial charge in [-0.25, -0.2) is 28.4 Å². The normalized spacial score (nSPS) is 19.7. The van der Waals surface area contributed by atoms with Crippen LogP contribution < -0.4 is 5.32 Å². The molecular formula is C27H26N8O2S. The van der Waals surface area contributed by atoms with Gasteiger partial charge in [0.05, 0.1) is 29.0 Å². The molecule has 1 aromatic carbocycles. The Kier molecular flexibility index (Phi) is 5.84. The average Bonchev–Trinajstić information content (AvgIpc) is 3.65. The van der Waals surface area contributed by atoms with Crippen molar-refractivity contribution in [2.75, 3.05) is 5.32 Å². The summed E-state index contributed by atoms with van der Waals surface area (Å²) in [5, 5.41) is 12.5. The molecule has 1 fully saturated rings. The van der Waals surface area contributed by atoms with Crippen molar-refractivity contribution in [2.24, 2.45) is 5.92 Å². The van der Waals surface area contributed by atoms with Gasteiger partial charge in [0.1, 0.15) is 23.2 Å². The number of benzene rings is 1. The highest BCUT2D eigenvalue weighted by Gasteiger charge is 2.39. The molecular weight excluding hydrogens is 500 g/mol. The standard InChI is InChI=1S/C27H26N8O2S/c1-3-17-10-18(33-24-15-30-19(12-28)13-31-24)11-20(17)26-34-27(38(36,37)23-7-5-4-6-16(23)2)22-14-32-25-21(35(22)26)8-9-29-25/h4-9,13-15,17-18,20,29H,3,10-11H2,1-2H3,(H,31,33)/t17-,18+,20+/m1/s1. The van der Waals surface area contributed by atoms with Gasteiger partial charge in [-0.15, -0.1) is 0 Å². The maximum absolute atomic E-state index is 13.9. The highest BCUT2D eigenvalue weighted by atomic mass is 32.2. The van der Waals surface area contributed by atoms with E-state index in [1.165, 1.54) is 6.20 Å². The topological polar surface area (TPSA) is 142 Å². The molecule has 0 aliphatic heterocycles. The van der Waals surface area contributed by atoms with Crippen LogP contribution in [0.25, 0.3) is 16.7 Å². The molecule has 1 aliphatic carbocycles. The van der Waals surface area contributed by atoms with E-state index in [4.69, 9.17) is 10.2 Å². The van der Waals surface area contributed by atoms with Crippen LogP contribution in [0.4, 0.5) is 5.82 Å². The number of aromatic nitrogens is 6. The number of nitriles is 1. The Morgan fingerprint density at radius 2 is 1.95 bits per heavy atom. The first-order valence-electron chi connectivity index (χ1n) is 12.5. The summed E-state index contributed by atoms with van der Waals surface area (Å²) < 4.78 is 29.8. The number of hydrogen-bond acceptors (Lipinski definition) is 8. The lowest BCUT2D eigenvalue weighted by Crippen LogP contribution is -2.17. The molecule has 2 N–H and O–H groups in total. The van der Waals surface area contributed by atoms with Gasteiger partial charge in [-0.05, 0) is 43.4 Å². The second-order valence-corrected chi connectivity index (χ2v) is 11.6. The van der Waals surface area contributed by atoms with Crippen LogP contribution in [0.5, 0.6) is 0 Å². The van der Waals surface area contributed by atoms with Gasteiger partial charge in [-0.1, -0.05) is 31.5 Å². The molecule has 10 nitrogen and oxygen atoms in total. The van der Waals surface area contributed by atoms with Crippen LogP contribution in [0.2, 0.25) is 0 Å². The lowest BCUT2D eigenvalue weighted by molar-refractivity contribution is 0.451. The SMILES string of the molecule is CC[C@@H]1C[C@H](Nc2cnc(C#N)cn2)C[C@@H]1c1nc(S(=O)(=O)c2ccccc2C)c2cnc3[nH]ccc3n12. The molecule has 0 unspecified atom stereocenters. The van der Waals surface area contributed by atoms with Crippen molar-refractivity contribution in [1.82, 2.24) is 29.3 Å². The Morgan fingerprint density at radius 3 is 2.68 bits per heavy atom. The van der Waals surface area contributed by atoms with Crippen LogP contribution in [0, 0.1) is 24.2 Å². The lowest BCUT2D eigenvalue weighted by Gasteiger charge is -2.16. The third-order valence-electron chi connectivity index (χ3n) is 7.47. The first-order valence-corrected chi connectivity index (χ1v) is 14.0. The molecule has 1 saturated carbocycles. The summed E-state index contributed by atoms with van der Waals surface area (Å²) in [4.78, 5) is 21.2. The van der Waals surface area contributed by atoms with Gasteiger partial charge in [0.2, 0.25) is 9.84 Å². The summed E-state index contributed by atoms with van der Waals surface area (Å²) in [7, 11) is -3.89. The number of aryl methyl sites for hydroxylation is 1. The maximum atomic E-state index is 13.9. The van der Waals surface area contributed by atoms with E-state index >= 15 is 0 Å². The molecule has 6 rings (SSSR count). The Hall–Kier alpha value is -4.30. The predicted octanol–water partition coefficient (Wildman–Crippen LogP) is 4.40. The van der Waals surface area contributed by atoms with E-state index in [1.54, 1.807) is 43.7 Å². The second-order valence-electron chi connectivity index (χ2n) is 9.72. The van der Waals surface area contributed by atoms with E-state index in [9.17, 15) is 8.42 Å². The van der Waals surface area contributed by atoms with Crippen molar-refractivity contribution in [3.8, 4) is 6.07 Å². The van der Waals surface area contributed by atoms with Crippen LogP contribution in [0.1, 0.15) is 49.2 Å². The average molecular weight is 527 g/mol. The molecule has 11 heteroatoms. The molecule has 3 atom stereocenters. The summed E-state index contributed by atoms with van der Waals surface area (Å²) in [6.45, 7) is 3.94. The number of rotatable bonds is 6. The van der Waals surface area contributed by atoms with E-state index in [0.717, 1.165) is 30.6 Å². The number of imidazole rings is 1. The Bertz CT molecular complexity index is 1800. The highest BCUT2D eigenvalue weighted by molar-refractivity contribution is 7.91. The van der Waals surface area contributed by atoms with Gasteiger partial charge < -0.3 is 10.3 Å². The monoisotopic (exact) mass is 526 g/mol. The van der Waals surface area contributed by atoms with Gasteiger partial charge in [0.15, 0.2) is 16.4 Å². The molecule has 0 saturated heterocycles. The molecule has 0 amide bonds. The van der Waals surface area contributed by atoms with Crippen LogP contribution in [-0.4, -0.2) is 43.8 Å². The number of fused-ring (bicyclic) bond motifs is 3. The number of nitrogens with zero attached hydrogens (tertiary/aromatic N) is 6. The molecule has 1 aliphatic rings. The zero-order valence-electron chi connectivity index (χ0n) is 21.0. The van der Waals surface area contributed by atoms with Crippen LogP contribution in [-0.2, 0) is 9.84 Å². The third-order valence-corrected chi connectivity index (χ3v) is 9.32. The minimum absolute atomic E-state index is 0.0117. The van der Waals surface area contributed by atoms with Gasteiger partial charge in [-0.3, -0.25) is 4.40 Å². The number of hydrogen-bond donors (Lipinski definition) is 2. The minimum Gasteiger partial charge on any atom is -0.366 e. The van der Waals surface area contributed by atoms with E-state index in [1.807, 2.05) is 22.6 Å². The van der Waals surface area contributed by atoms with Crippen LogP contribution >= 0.6 is 0 Å². The number of sulfone groups is 1. The Balaban J connectivity index is 1.46. The fourth-order valence-electron chi connectivity index (χ4n) is 5.65. The van der Waals surface area contributed by atoms with Crippen molar-refractivity contribution in [1.29, 1.82) is 5.26 Å². The lowest BCUT2D eigenvalue weighted by atomic mass is 9.93. The first kappa shape index (κ1) is 24.1. The largest absolute Gasteiger partial charge is 0.366 e. The minimum atomic E-state index is -3.89. The summed E-state index contributed by atoms with van der Waals surface area (Å²) in [5.41, 5.74) is 2.87. The van der Waals surface area contributed by atoms with Crippen molar-refractivity contribution in [3.63, 3.8) is 0 Å². The number of anilines is 1. The smallest absolute Gasteiger partial charge is 0.226 e. The number of nitrogens with one attached hydrogen (secondary N) is 2. The summed E-state index contributed by atoms with van der Waals surface area (Å²) in [6.07, 6.45) is 8.95. The zero-order chi connectivity index (χ0) is 26.4. The number of H-pyrrole nitrogens is 1. The molecule has 0 radical (unpaired) electrons. The molecule has 0 spiro atoms. The van der Waals surface area contributed by atoms with Crippen molar-refractivity contribution >= 4 is 32.3 Å². The van der Waals surface area contributed by atoms with Crippen molar-refractivity contribution < 1.29 is 8.42 Å². The summed E-state index contributed by atoms with van der Waals surface area (Å²) >= 11 is 0. The summed E-state index contributed by atoms with van der Waals surface area (Å²) in [5.74, 6) is 1.62. The molecule has 5 aromatic rings. The van der Waals surface area contributed by atoms with E-state index in [2.05, 4.69) is 32.2 Å². The third kappa shape index (κ3) is 3.88. The van der Waals surface area contributed by atoms with Gasteiger partial charge in [0.25, 0.3) is 0 Å². The van der Waals surface area contributed by atoms with Crippen molar-refractivity contribution in [3.05, 3.63) is 72.2 Å². The van der Waals surface area contributed by atoms with Crippen LogP contribution in [0.3, 0.4) is 0 Å². The fraction of sp³-hybridized carbons (Fsp3) is 0.296. The van der Waals surface area contributed by atoms with Crippen molar-refractivity contribution in [2.45, 2.75) is 55.0 Å². The quantitative estimate of drug-likeness (QED) is 0.332. The van der Waals surface area contributed by atoms with Gasteiger partial charge in [0, 0.05) is 18.2 Å². The number of aromatic amines is 1. The van der Waals surface area contributed by atoms with Crippen LogP contribution in [0.15, 0.2) is 65.0 Å². The van der Waals surface area contributed by atoms with E-state index in [-0.39, 0.29) is 33.5 Å². The highest BCUT2D eigenvalue weighted by Crippen LogP contribution is 2.44. The zero-order valence-corrected chi connectivity index (χ0v) is 21.8. The molecule has 0 bridgehead atoms. The second kappa shape index (κ2) is 9.22. The molecule has 4 heterocycles.